The van der Waals surface area contributed by atoms with Crippen LogP contribution in [-0.2, 0) is 0 Å². The molecule has 20 heavy (non-hydrogen) atoms. The summed E-state index contributed by atoms with van der Waals surface area (Å²) in [5, 5.41) is 18.7. The van der Waals surface area contributed by atoms with Gasteiger partial charge in [0.05, 0.1) is 22.9 Å². The van der Waals surface area contributed by atoms with Gasteiger partial charge >= 0.3 is 0 Å². The first-order valence-corrected chi connectivity index (χ1v) is 6.82. The molecule has 0 aliphatic carbocycles. The van der Waals surface area contributed by atoms with Crippen LogP contribution >= 0.6 is 0 Å². The molecular formula is C15H18N4O. The van der Waals surface area contributed by atoms with Crippen LogP contribution in [0.2, 0.25) is 0 Å². The minimum Gasteiger partial charge on any atom is -0.391 e. The molecule has 0 spiro atoms. The van der Waals surface area contributed by atoms with Crippen LogP contribution in [0.15, 0.2) is 30.5 Å². The molecule has 5 heteroatoms. The Labute approximate surface area is 117 Å². The number of nitrogens with zero attached hydrogens (tertiary/aromatic N) is 2. The fourth-order valence-electron chi connectivity index (χ4n) is 2.82. The van der Waals surface area contributed by atoms with Gasteiger partial charge in [-0.25, -0.2) is 0 Å². The summed E-state index contributed by atoms with van der Waals surface area (Å²) in [5.41, 5.74) is 8.14. The second-order valence-corrected chi connectivity index (χ2v) is 5.19. The van der Waals surface area contributed by atoms with Crippen molar-refractivity contribution in [2.45, 2.75) is 18.9 Å². The number of β-amino-alcohol motifs (C(OH)–C–C–N with tert-alkyl or cyclic N) is 1. The number of nitrogen functional groups attached to an aromatic ring is 1. The van der Waals surface area contributed by atoms with Gasteiger partial charge < -0.3 is 15.7 Å². The summed E-state index contributed by atoms with van der Waals surface area (Å²) in [6, 6.07) is 7.84. The van der Waals surface area contributed by atoms with Crippen molar-refractivity contribution in [3.63, 3.8) is 0 Å². The van der Waals surface area contributed by atoms with E-state index in [1.54, 1.807) is 6.20 Å². The fraction of sp³-hybridized carbons (Fsp3) is 0.333. The predicted molar refractivity (Wildman–Crippen MR) is 80.2 cm³/mol. The van der Waals surface area contributed by atoms with E-state index in [1.165, 1.54) is 0 Å². The fourth-order valence-corrected chi connectivity index (χ4v) is 2.82. The number of benzene rings is 1. The first kappa shape index (κ1) is 12.9. The lowest BCUT2D eigenvalue weighted by Gasteiger charge is -2.34. The number of aliphatic hydroxyl groups is 1. The summed E-state index contributed by atoms with van der Waals surface area (Å²) >= 11 is 0. The number of para-hydroxylation sites is 1. The Morgan fingerprint density at radius 1 is 1.40 bits per heavy atom. The van der Waals surface area contributed by atoms with Crippen molar-refractivity contribution in [1.82, 2.24) is 4.98 Å². The van der Waals surface area contributed by atoms with E-state index in [1.807, 2.05) is 24.3 Å². The summed E-state index contributed by atoms with van der Waals surface area (Å²) < 4.78 is 0. The van der Waals surface area contributed by atoms with Gasteiger partial charge in [-0.2, -0.15) is 0 Å². The number of hydrogen-bond donors (Lipinski definition) is 3. The Morgan fingerprint density at radius 3 is 2.95 bits per heavy atom. The average Bonchev–Trinajstić information content (AvgIpc) is 2.46. The number of hydrogen-bond acceptors (Lipinski definition) is 4. The molecule has 1 fully saturated rings. The minimum atomic E-state index is -0.324. The average molecular weight is 270 g/mol. The van der Waals surface area contributed by atoms with Crippen LogP contribution in [-0.4, -0.2) is 35.1 Å². The topological polar surface area (TPSA) is 86.2 Å². The second kappa shape index (κ2) is 5.09. The zero-order valence-corrected chi connectivity index (χ0v) is 11.2. The number of rotatable bonds is 2. The molecule has 0 saturated carbocycles. The minimum absolute atomic E-state index is 0.0123. The molecule has 4 N–H and O–H groups in total. The molecule has 0 radical (unpaired) electrons. The van der Waals surface area contributed by atoms with Gasteiger partial charge in [-0.15, -0.1) is 0 Å². The summed E-state index contributed by atoms with van der Waals surface area (Å²) in [5.74, 6) is 0.0123. The van der Waals surface area contributed by atoms with E-state index in [0.29, 0.717) is 12.1 Å². The predicted octanol–water partition coefficient (Wildman–Crippen LogP) is 1.48. The normalized spacial score (nSPS) is 19.2. The molecule has 5 nitrogen and oxygen atoms in total. The molecule has 104 valence electrons. The first-order chi connectivity index (χ1) is 9.66. The van der Waals surface area contributed by atoms with Crippen molar-refractivity contribution in [1.29, 1.82) is 5.41 Å². The van der Waals surface area contributed by atoms with E-state index >= 15 is 0 Å². The van der Waals surface area contributed by atoms with Crippen molar-refractivity contribution in [3.8, 4) is 0 Å². The Morgan fingerprint density at radius 2 is 2.20 bits per heavy atom. The van der Waals surface area contributed by atoms with Crippen molar-refractivity contribution in [2.24, 2.45) is 5.73 Å². The molecule has 3 rings (SSSR count). The van der Waals surface area contributed by atoms with Crippen LogP contribution in [0.3, 0.4) is 0 Å². The Kier molecular flexibility index (Phi) is 3.28. The van der Waals surface area contributed by atoms with Crippen LogP contribution in [0, 0.1) is 5.41 Å². The van der Waals surface area contributed by atoms with Crippen LogP contribution in [0.1, 0.15) is 18.4 Å². The number of piperidine rings is 1. The van der Waals surface area contributed by atoms with E-state index in [-0.39, 0.29) is 11.9 Å². The van der Waals surface area contributed by atoms with E-state index < -0.39 is 0 Å². The van der Waals surface area contributed by atoms with E-state index in [2.05, 4.69) is 9.88 Å². The highest BCUT2D eigenvalue weighted by Crippen LogP contribution is 2.31. The quantitative estimate of drug-likeness (QED) is 0.570. The van der Waals surface area contributed by atoms with Crippen molar-refractivity contribution < 1.29 is 5.11 Å². The molecule has 0 bridgehead atoms. The molecule has 1 unspecified atom stereocenters. The van der Waals surface area contributed by atoms with Gasteiger partial charge in [-0.1, -0.05) is 18.2 Å². The molecule has 2 heterocycles. The highest BCUT2D eigenvalue weighted by Gasteiger charge is 2.23. The number of amidine groups is 1. The number of anilines is 1. The lowest BCUT2D eigenvalue weighted by atomic mass is 10.0. The number of nitrogens with two attached hydrogens (primary N) is 1. The summed E-state index contributed by atoms with van der Waals surface area (Å²) in [6.07, 6.45) is 3.10. The maximum atomic E-state index is 9.90. The third-order valence-corrected chi connectivity index (χ3v) is 3.75. The summed E-state index contributed by atoms with van der Waals surface area (Å²) in [7, 11) is 0. The summed E-state index contributed by atoms with van der Waals surface area (Å²) in [4.78, 5) is 6.49. The molecule has 1 aliphatic heterocycles. The van der Waals surface area contributed by atoms with Crippen LogP contribution in [0.5, 0.6) is 0 Å². The smallest absolute Gasteiger partial charge is 0.126 e. The van der Waals surface area contributed by atoms with Crippen molar-refractivity contribution >= 4 is 22.4 Å². The van der Waals surface area contributed by atoms with Crippen LogP contribution in [0.4, 0.5) is 5.69 Å². The highest BCUT2D eigenvalue weighted by atomic mass is 16.3. The van der Waals surface area contributed by atoms with Gasteiger partial charge in [-0.05, 0) is 18.9 Å². The standard InChI is InChI=1S/C15H18N4O/c16-15(17)12-8-18-13-6-2-1-5-11(13)14(12)19-7-3-4-10(20)9-19/h1-2,5-6,8,10,20H,3-4,7,9H2,(H3,16,17). The zero-order valence-electron chi connectivity index (χ0n) is 11.2. The molecule has 1 aliphatic rings. The maximum absolute atomic E-state index is 9.90. The third-order valence-electron chi connectivity index (χ3n) is 3.75. The Bertz CT molecular complexity index is 655. The molecule has 2 aromatic rings. The number of pyridine rings is 1. The molecule has 0 amide bonds. The third kappa shape index (κ3) is 2.20. The second-order valence-electron chi connectivity index (χ2n) is 5.19. The highest BCUT2D eigenvalue weighted by molar-refractivity contribution is 6.07. The van der Waals surface area contributed by atoms with Gasteiger partial charge in [0.25, 0.3) is 0 Å². The monoisotopic (exact) mass is 270 g/mol. The van der Waals surface area contributed by atoms with Gasteiger partial charge in [0.2, 0.25) is 0 Å². The number of aromatic nitrogens is 1. The number of fused-ring (bicyclic) bond motifs is 1. The van der Waals surface area contributed by atoms with Gasteiger partial charge in [0.15, 0.2) is 0 Å². The summed E-state index contributed by atoms with van der Waals surface area (Å²) in [6.45, 7) is 1.44. The van der Waals surface area contributed by atoms with Crippen LogP contribution < -0.4 is 10.6 Å². The van der Waals surface area contributed by atoms with Gasteiger partial charge in [0, 0.05) is 24.7 Å². The number of nitrogens with one attached hydrogen (secondary N) is 1. The number of aliphatic hydroxyl groups excluding tert-OH is 1. The van der Waals surface area contributed by atoms with Gasteiger partial charge in [0.1, 0.15) is 5.84 Å². The van der Waals surface area contributed by atoms with Gasteiger partial charge in [-0.3, -0.25) is 10.4 Å². The molecular weight excluding hydrogens is 252 g/mol. The Hall–Kier alpha value is -2.14. The lowest BCUT2D eigenvalue weighted by molar-refractivity contribution is 0.154. The van der Waals surface area contributed by atoms with E-state index in [0.717, 1.165) is 36.0 Å². The molecule has 1 saturated heterocycles. The Balaban J connectivity index is 2.19. The van der Waals surface area contributed by atoms with Crippen molar-refractivity contribution in [3.05, 3.63) is 36.0 Å². The SMILES string of the molecule is N=C(N)c1cnc2ccccc2c1N1CCCC(O)C1. The zero-order chi connectivity index (χ0) is 14.1. The molecule has 1 atom stereocenters. The van der Waals surface area contributed by atoms with E-state index in [9.17, 15) is 5.11 Å². The molecule has 1 aromatic carbocycles. The lowest BCUT2D eigenvalue weighted by Crippen LogP contribution is -2.39. The van der Waals surface area contributed by atoms with Crippen molar-refractivity contribution in [2.75, 3.05) is 18.0 Å². The first-order valence-electron chi connectivity index (χ1n) is 6.82. The van der Waals surface area contributed by atoms with Crippen LogP contribution in [0.25, 0.3) is 10.9 Å². The van der Waals surface area contributed by atoms with E-state index in [4.69, 9.17) is 11.1 Å². The largest absolute Gasteiger partial charge is 0.391 e. The maximum Gasteiger partial charge on any atom is 0.126 e. The molecule has 1 aromatic heterocycles.